The van der Waals surface area contributed by atoms with Crippen molar-refractivity contribution in [3.63, 3.8) is 0 Å². The highest BCUT2D eigenvalue weighted by molar-refractivity contribution is 7.80. The molecule has 8 heteroatoms. The second-order valence-electron chi connectivity index (χ2n) is 7.22. The van der Waals surface area contributed by atoms with Gasteiger partial charge in [-0.25, -0.2) is 0 Å². The molecule has 2 aliphatic rings. The number of hydrogen-bond acceptors (Lipinski definition) is 5. The fourth-order valence-corrected chi connectivity index (χ4v) is 3.80. The van der Waals surface area contributed by atoms with Crippen molar-refractivity contribution in [2.24, 2.45) is 0 Å². The van der Waals surface area contributed by atoms with Crippen LogP contribution in [0.25, 0.3) is 0 Å². The molecule has 28 heavy (non-hydrogen) atoms. The number of nitrogens with zero attached hydrogens (tertiary/aromatic N) is 3. The number of nitrogens with one attached hydrogen (secondary N) is 2. The van der Waals surface area contributed by atoms with E-state index in [2.05, 4.69) is 25.3 Å². The Bertz CT molecular complexity index is 624. The minimum atomic E-state index is 0.0332. The molecule has 0 saturated carbocycles. The van der Waals surface area contributed by atoms with Crippen LogP contribution < -0.4 is 10.6 Å². The number of anilines is 1. The molecule has 1 aromatic carbocycles. The van der Waals surface area contributed by atoms with Gasteiger partial charge in [-0.3, -0.25) is 14.6 Å². The Morgan fingerprint density at radius 2 is 1.79 bits per heavy atom. The molecule has 0 bridgehead atoms. The molecule has 0 unspecified atom stereocenters. The van der Waals surface area contributed by atoms with E-state index in [9.17, 15) is 4.79 Å². The Balaban J connectivity index is 1.35. The van der Waals surface area contributed by atoms with Crippen LogP contribution in [0.1, 0.15) is 6.42 Å². The SMILES string of the molecule is O=C(CN1CCCN(C(=S)NCCN2CCOCC2)CC1)Nc1ccccc1. The lowest BCUT2D eigenvalue weighted by molar-refractivity contribution is -0.117. The Kier molecular flexibility index (Phi) is 8.47. The lowest BCUT2D eigenvalue weighted by Gasteiger charge is -2.28. The van der Waals surface area contributed by atoms with Crippen molar-refractivity contribution in [2.75, 3.05) is 77.4 Å². The van der Waals surface area contributed by atoms with Gasteiger partial charge in [-0.1, -0.05) is 18.2 Å². The number of morpholine rings is 1. The number of benzene rings is 1. The van der Waals surface area contributed by atoms with Crippen LogP contribution in [-0.4, -0.2) is 97.8 Å². The van der Waals surface area contributed by atoms with Crippen LogP contribution in [-0.2, 0) is 9.53 Å². The number of ether oxygens (including phenoxy) is 1. The number of amides is 1. The second-order valence-corrected chi connectivity index (χ2v) is 7.60. The highest BCUT2D eigenvalue weighted by atomic mass is 32.1. The zero-order chi connectivity index (χ0) is 19.6. The fourth-order valence-electron chi connectivity index (χ4n) is 3.51. The van der Waals surface area contributed by atoms with Gasteiger partial charge in [0, 0.05) is 58.0 Å². The zero-order valence-corrected chi connectivity index (χ0v) is 17.3. The smallest absolute Gasteiger partial charge is 0.238 e. The lowest BCUT2D eigenvalue weighted by atomic mass is 10.3. The minimum Gasteiger partial charge on any atom is -0.379 e. The summed E-state index contributed by atoms with van der Waals surface area (Å²) in [5, 5.41) is 7.17. The first-order valence-corrected chi connectivity index (χ1v) is 10.5. The number of carbonyl (C=O) groups is 1. The molecule has 154 valence electrons. The van der Waals surface area contributed by atoms with Gasteiger partial charge in [-0.05, 0) is 30.8 Å². The summed E-state index contributed by atoms with van der Waals surface area (Å²) in [6.07, 6.45) is 1.00. The van der Waals surface area contributed by atoms with Crippen LogP contribution >= 0.6 is 12.2 Å². The predicted molar refractivity (Wildman–Crippen MR) is 116 cm³/mol. The fraction of sp³-hybridized carbons (Fsp3) is 0.600. The molecule has 2 heterocycles. The topological polar surface area (TPSA) is 60.1 Å². The molecule has 2 N–H and O–H groups in total. The molecular formula is C20H31N5O2S. The average Bonchev–Trinajstić information content (AvgIpc) is 2.95. The summed E-state index contributed by atoms with van der Waals surface area (Å²) in [6.45, 7) is 9.44. The number of para-hydroxylation sites is 1. The molecule has 0 spiro atoms. The maximum Gasteiger partial charge on any atom is 0.238 e. The summed E-state index contributed by atoms with van der Waals surface area (Å²) in [4.78, 5) is 19.1. The van der Waals surface area contributed by atoms with Crippen molar-refractivity contribution in [1.29, 1.82) is 0 Å². The van der Waals surface area contributed by atoms with E-state index in [4.69, 9.17) is 17.0 Å². The molecule has 0 atom stereocenters. The van der Waals surface area contributed by atoms with Gasteiger partial charge in [0.05, 0.1) is 19.8 Å². The van der Waals surface area contributed by atoms with E-state index >= 15 is 0 Å². The lowest BCUT2D eigenvalue weighted by Crippen LogP contribution is -2.46. The summed E-state index contributed by atoms with van der Waals surface area (Å²) in [5.74, 6) is 0.0332. The van der Waals surface area contributed by atoms with Gasteiger partial charge in [-0.2, -0.15) is 0 Å². The third kappa shape index (κ3) is 7.01. The van der Waals surface area contributed by atoms with Gasteiger partial charge in [-0.15, -0.1) is 0 Å². The summed E-state index contributed by atoms with van der Waals surface area (Å²) in [7, 11) is 0. The summed E-state index contributed by atoms with van der Waals surface area (Å²) >= 11 is 5.59. The van der Waals surface area contributed by atoms with Crippen LogP contribution in [0.5, 0.6) is 0 Å². The molecule has 2 fully saturated rings. The molecule has 0 aromatic heterocycles. The van der Waals surface area contributed by atoms with Crippen LogP contribution in [0.15, 0.2) is 30.3 Å². The van der Waals surface area contributed by atoms with Crippen LogP contribution in [0.3, 0.4) is 0 Å². The number of hydrogen-bond donors (Lipinski definition) is 2. The van der Waals surface area contributed by atoms with E-state index in [0.29, 0.717) is 6.54 Å². The van der Waals surface area contributed by atoms with Gasteiger partial charge in [0.25, 0.3) is 0 Å². The van der Waals surface area contributed by atoms with Crippen molar-refractivity contribution in [1.82, 2.24) is 20.0 Å². The minimum absolute atomic E-state index is 0.0332. The molecule has 3 rings (SSSR count). The molecule has 1 aromatic rings. The average molecular weight is 406 g/mol. The van der Waals surface area contributed by atoms with E-state index in [1.165, 1.54) is 0 Å². The van der Waals surface area contributed by atoms with Crippen molar-refractivity contribution in [3.05, 3.63) is 30.3 Å². The Hall–Kier alpha value is -1.74. The maximum atomic E-state index is 12.3. The summed E-state index contributed by atoms with van der Waals surface area (Å²) < 4.78 is 5.38. The number of rotatable bonds is 6. The van der Waals surface area contributed by atoms with Crippen LogP contribution in [0, 0.1) is 0 Å². The molecule has 2 aliphatic heterocycles. The third-order valence-corrected chi connectivity index (χ3v) is 5.51. The first-order chi connectivity index (χ1) is 13.7. The summed E-state index contributed by atoms with van der Waals surface area (Å²) in [5.41, 5.74) is 0.842. The summed E-state index contributed by atoms with van der Waals surface area (Å²) in [6, 6.07) is 9.60. The number of thiocarbonyl (C=S) groups is 1. The highest BCUT2D eigenvalue weighted by Crippen LogP contribution is 2.07. The van der Waals surface area contributed by atoms with E-state index in [0.717, 1.165) is 82.8 Å². The molecule has 7 nitrogen and oxygen atoms in total. The third-order valence-electron chi connectivity index (χ3n) is 5.11. The van der Waals surface area contributed by atoms with Gasteiger partial charge in [0.15, 0.2) is 5.11 Å². The van der Waals surface area contributed by atoms with E-state index < -0.39 is 0 Å². The monoisotopic (exact) mass is 405 g/mol. The van der Waals surface area contributed by atoms with E-state index in [1.807, 2.05) is 30.3 Å². The van der Waals surface area contributed by atoms with Crippen molar-refractivity contribution >= 4 is 28.9 Å². The first kappa shape index (κ1) is 21.0. The molecule has 0 radical (unpaired) electrons. The van der Waals surface area contributed by atoms with E-state index in [1.54, 1.807) is 0 Å². The Morgan fingerprint density at radius 1 is 1.00 bits per heavy atom. The van der Waals surface area contributed by atoms with Crippen molar-refractivity contribution in [3.8, 4) is 0 Å². The second kappa shape index (κ2) is 11.3. The Labute approximate surface area is 173 Å². The van der Waals surface area contributed by atoms with Gasteiger partial charge < -0.3 is 20.3 Å². The molecule has 2 saturated heterocycles. The molecular weight excluding hydrogens is 374 g/mol. The Morgan fingerprint density at radius 3 is 2.57 bits per heavy atom. The van der Waals surface area contributed by atoms with Crippen molar-refractivity contribution < 1.29 is 9.53 Å². The van der Waals surface area contributed by atoms with Gasteiger partial charge in [0.1, 0.15) is 0 Å². The molecule has 1 amide bonds. The number of carbonyl (C=O) groups excluding carboxylic acids is 1. The maximum absolute atomic E-state index is 12.3. The standard InChI is InChI=1S/C20H31N5O2S/c26-19(22-18-5-2-1-3-6-18)17-24-8-4-9-25(12-11-24)20(28)21-7-10-23-13-15-27-16-14-23/h1-3,5-6H,4,7-17H2,(H,21,28)(H,22,26). The largest absolute Gasteiger partial charge is 0.379 e. The first-order valence-electron chi connectivity index (χ1n) is 10.1. The van der Waals surface area contributed by atoms with Crippen LogP contribution in [0.4, 0.5) is 5.69 Å². The normalized spacial score (nSPS) is 19.1. The van der Waals surface area contributed by atoms with E-state index in [-0.39, 0.29) is 5.91 Å². The van der Waals surface area contributed by atoms with Gasteiger partial charge in [0.2, 0.25) is 5.91 Å². The van der Waals surface area contributed by atoms with Crippen LogP contribution in [0.2, 0.25) is 0 Å². The van der Waals surface area contributed by atoms with Gasteiger partial charge >= 0.3 is 0 Å². The molecule has 0 aliphatic carbocycles. The van der Waals surface area contributed by atoms with Crippen molar-refractivity contribution in [2.45, 2.75) is 6.42 Å². The zero-order valence-electron chi connectivity index (χ0n) is 16.4. The highest BCUT2D eigenvalue weighted by Gasteiger charge is 2.19. The quantitative estimate of drug-likeness (QED) is 0.680. The predicted octanol–water partition coefficient (Wildman–Crippen LogP) is 0.840.